The van der Waals surface area contributed by atoms with Gasteiger partial charge in [0.15, 0.2) is 0 Å². The third-order valence-electron chi connectivity index (χ3n) is 5.04. The zero-order valence-electron chi connectivity index (χ0n) is 15.3. The van der Waals surface area contributed by atoms with E-state index in [2.05, 4.69) is 5.32 Å². The zero-order valence-corrected chi connectivity index (χ0v) is 15.3. The maximum Gasteiger partial charge on any atom is 0.318 e. The van der Waals surface area contributed by atoms with Gasteiger partial charge in [-0.2, -0.15) is 0 Å². The van der Waals surface area contributed by atoms with Crippen LogP contribution in [0.1, 0.15) is 18.9 Å². The molecule has 6 nitrogen and oxygen atoms in total. The van der Waals surface area contributed by atoms with Crippen molar-refractivity contribution in [1.82, 2.24) is 10.2 Å². The number of carbonyl (C=O) groups excluding carboxylic acids is 2. The number of hydrogen-bond donors (Lipinski definition) is 1. The number of ether oxygens (including phenoxy) is 1. The Kier molecular flexibility index (Phi) is 4.71. The molecular formula is C21H23N3O3. The maximum absolute atomic E-state index is 13.5. The number of rotatable bonds is 3. The van der Waals surface area contributed by atoms with Crippen LogP contribution in [0.5, 0.6) is 5.75 Å². The van der Waals surface area contributed by atoms with Crippen LogP contribution in [-0.2, 0) is 11.3 Å². The summed E-state index contributed by atoms with van der Waals surface area (Å²) in [6, 6.07) is 16.7. The van der Waals surface area contributed by atoms with Crippen molar-refractivity contribution >= 4 is 17.6 Å². The third-order valence-corrected chi connectivity index (χ3v) is 5.04. The van der Waals surface area contributed by atoms with E-state index in [1.165, 1.54) is 0 Å². The van der Waals surface area contributed by atoms with E-state index in [1.54, 1.807) is 9.80 Å². The lowest BCUT2D eigenvalue weighted by Gasteiger charge is -2.31. The first-order valence-electron chi connectivity index (χ1n) is 9.33. The summed E-state index contributed by atoms with van der Waals surface area (Å²) in [4.78, 5) is 29.3. The van der Waals surface area contributed by atoms with Crippen molar-refractivity contribution in [2.45, 2.75) is 32.0 Å². The van der Waals surface area contributed by atoms with Crippen LogP contribution in [0.3, 0.4) is 0 Å². The molecule has 0 aromatic heterocycles. The molecule has 140 valence electrons. The zero-order chi connectivity index (χ0) is 18.8. The summed E-state index contributed by atoms with van der Waals surface area (Å²) >= 11 is 0. The summed E-state index contributed by atoms with van der Waals surface area (Å²) in [5.74, 6) is 0.617. The van der Waals surface area contributed by atoms with E-state index in [1.807, 2.05) is 61.5 Å². The molecule has 0 aliphatic carbocycles. The Morgan fingerprint density at radius 2 is 1.89 bits per heavy atom. The summed E-state index contributed by atoms with van der Waals surface area (Å²) in [6.45, 7) is 3.24. The van der Waals surface area contributed by atoms with Gasteiger partial charge in [-0.25, -0.2) is 4.79 Å². The second-order valence-corrected chi connectivity index (χ2v) is 6.86. The number of anilines is 1. The fraction of sp³-hybridized carbons (Fsp3) is 0.333. The molecular weight excluding hydrogens is 342 g/mol. The first kappa shape index (κ1) is 17.4. The number of urea groups is 1. The molecule has 2 atom stereocenters. The van der Waals surface area contributed by atoms with E-state index in [-0.39, 0.29) is 18.0 Å². The molecule has 2 aliphatic rings. The topological polar surface area (TPSA) is 61.9 Å². The van der Waals surface area contributed by atoms with Gasteiger partial charge in [-0.15, -0.1) is 0 Å². The van der Waals surface area contributed by atoms with Gasteiger partial charge in [0.2, 0.25) is 5.91 Å². The molecule has 1 saturated heterocycles. The highest BCUT2D eigenvalue weighted by atomic mass is 16.5. The molecule has 6 heteroatoms. The van der Waals surface area contributed by atoms with Crippen LogP contribution >= 0.6 is 0 Å². The first-order valence-corrected chi connectivity index (χ1v) is 9.33. The van der Waals surface area contributed by atoms with Crippen molar-refractivity contribution in [3.63, 3.8) is 0 Å². The highest BCUT2D eigenvalue weighted by molar-refractivity contribution is 6.00. The number of para-hydroxylation sites is 2. The number of amides is 3. The number of likely N-dealkylation sites (tertiary alicyclic amines) is 1. The summed E-state index contributed by atoms with van der Waals surface area (Å²) in [5.41, 5.74) is 1.78. The van der Waals surface area contributed by atoms with Gasteiger partial charge < -0.3 is 19.9 Å². The van der Waals surface area contributed by atoms with Gasteiger partial charge in [0.1, 0.15) is 17.9 Å². The number of benzene rings is 2. The quantitative estimate of drug-likeness (QED) is 0.910. The lowest BCUT2D eigenvalue weighted by atomic mass is 10.1. The summed E-state index contributed by atoms with van der Waals surface area (Å²) in [7, 11) is 0. The number of nitrogens with zero attached hydrogens (tertiary/aromatic N) is 2. The van der Waals surface area contributed by atoms with Crippen molar-refractivity contribution in [3.05, 3.63) is 60.2 Å². The van der Waals surface area contributed by atoms with Gasteiger partial charge in [0, 0.05) is 13.0 Å². The predicted octanol–water partition coefficient (Wildman–Crippen LogP) is 2.78. The highest BCUT2D eigenvalue weighted by Crippen LogP contribution is 2.36. The molecule has 2 aromatic rings. The Bertz CT molecular complexity index is 840. The summed E-state index contributed by atoms with van der Waals surface area (Å²) in [6.07, 6.45) is 0.330. The molecule has 1 fully saturated rings. The van der Waals surface area contributed by atoms with Crippen LogP contribution in [0, 0.1) is 0 Å². The molecule has 2 aliphatic heterocycles. The average Bonchev–Trinajstić information content (AvgIpc) is 3.12. The molecule has 2 bridgehead atoms. The van der Waals surface area contributed by atoms with Crippen LogP contribution in [0.15, 0.2) is 54.6 Å². The standard InChI is InChI=1S/C21H23N3O3/c1-2-22-21(26)24-14-16-12-18(24)20(25)23(13-15-8-4-3-5-9-15)17-10-6-7-11-19(17)27-16/h3-11,16,18H,2,12-14H2,1H3,(H,22,26). The van der Waals surface area contributed by atoms with Crippen LogP contribution in [0.2, 0.25) is 0 Å². The minimum atomic E-state index is -0.515. The molecule has 4 rings (SSSR count). The molecule has 2 heterocycles. The number of nitrogens with one attached hydrogen (secondary N) is 1. The second-order valence-electron chi connectivity index (χ2n) is 6.86. The van der Waals surface area contributed by atoms with Gasteiger partial charge in [0.05, 0.1) is 18.8 Å². The Balaban J connectivity index is 1.72. The normalized spacial score (nSPS) is 21.1. The molecule has 0 radical (unpaired) electrons. The molecule has 2 unspecified atom stereocenters. The molecule has 1 N–H and O–H groups in total. The molecule has 27 heavy (non-hydrogen) atoms. The van der Waals surface area contributed by atoms with Crippen LogP contribution < -0.4 is 15.0 Å². The number of carbonyl (C=O) groups is 2. The second kappa shape index (κ2) is 7.31. The predicted molar refractivity (Wildman–Crippen MR) is 103 cm³/mol. The SMILES string of the molecule is CCNC(=O)N1CC2CC1C(=O)N(Cc1ccccc1)c1ccccc1O2. The Labute approximate surface area is 158 Å². The van der Waals surface area contributed by atoms with Gasteiger partial charge in [-0.05, 0) is 24.6 Å². The van der Waals surface area contributed by atoms with E-state index in [0.29, 0.717) is 31.8 Å². The van der Waals surface area contributed by atoms with E-state index in [0.717, 1.165) is 11.3 Å². The third kappa shape index (κ3) is 3.35. The Hall–Kier alpha value is -3.02. The van der Waals surface area contributed by atoms with E-state index >= 15 is 0 Å². The van der Waals surface area contributed by atoms with Gasteiger partial charge >= 0.3 is 6.03 Å². The van der Waals surface area contributed by atoms with E-state index in [9.17, 15) is 9.59 Å². The minimum Gasteiger partial charge on any atom is -0.486 e. The fourth-order valence-corrected chi connectivity index (χ4v) is 3.78. The van der Waals surface area contributed by atoms with E-state index in [4.69, 9.17) is 4.74 Å². The lowest BCUT2D eigenvalue weighted by molar-refractivity contribution is -0.122. The van der Waals surface area contributed by atoms with Crippen LogP contribution in [0.25, 0.3) is 0 Å². The van der Waals surface area contributed by atoms with Gasteiger partial charge in [0.25, 0.3) is 0 Å². The maximum atomic E-state index is 13.5. The van der Waals surface area contributed by atoms with Crippen molar-refractivity contribution in [1.29, 1.82) is 0 Å². The fourth-order valence-electron chi connectivity index (χ4n) is 3.78. The summed E-state index contributed by atoms with van der Waals surface area (Å²) < 4.78 is 6.19. The lowest BCUT2D eigenvalue weighted by Crippen LogP contribution is -2.50. The van der Waals surface area contributed by atoms with Crippen molar-refractivity contribution in [3.8, 4) is 5.75 Å². The van der Waals surface area contributed by atoms with Crippen molar-refractivity contribution < 1.29 is 14.3 Å². The van der Waals surface area contributed by atoms with Crippen LogP contribution in [0.4, 0.5) is 10.5 Å². The largest absolute Gasteiger partial charge is 0.486 e. The first-order chi connectivity index (χ1) is 13.2. The van der Waals surface area contributed by atoms with E-state index < -0.39 is 6.04 Å². The van der Waals surface area contributed by atoms with Crippen molar-refractivity contribution in [2.24, 2.45) is 0 Å². The van der Waals surface area contributed by atoms with Gasteiger partial charge in [-0.1, -0.05) is 42.5 Å². The smallest absolute Gasteiger partial charge is 0.318 e. The monoisotopic (exact) mass is 365 g/mol. The number of hydrogen-bond acceptors (Lipinski definition) is 3. The highest BCUT2D eigenvalue weighted by Gasteiger charge is 2.44. The Morgan fingerprint density at radius 1 is 1.15 bits per heavy atom. The summed E-state index contributed by atoms with van der Waals surface area (Å²) in [5, 5.41) is 2.81. The molecule has 0 saturated carbocycles. The van der Waals surface area contributed by atoms with Crippen LogP contribution in [-0.4, -0.2) is 42.1 Å². The Morgan fingerprint density at radius 3 is 2.67 bits per heavy atom. The molecule has 3 amide bonds. The van der Waals surface area contributed by atoms with Crippen molar-refractivity contribution in [2.75, 3.05) is 18.0 Å². The minimum absolute atomic E-state index is 0.0663. The average molecular weight is 365 g/mol. The molecule has 2 aromatic carbocycles. The van der Waals surface area contributed by atoms with Gasteiger partial charge in [-0.3, -0.25) is 4.79 Å². The molecule has 0 spiro atoms. The number of fused-ring (bicyclic) bond motifs is 3.